The molecule has 0 aliphatic carbocycles. The molecule has 4 rings (SSSR count). The third kappa shape index (κ3) is 5.47. The smallest absolute Gasteiger partial charge is 0.257 e. The Labute approximate surface area is 224 Å². The molecule has 9 nitrogen and oxygen atoms in total. The van der Waals surface area contributed by atoms with E-state index in [-0.39, 0.29) is 24.4 Å². The fourth-order valence-corrected chi connectivity index (χ4v) is 4.49. The number of carbonyl (C=O) groups excluding carboxylic acids is 4. The first-order chi connectivity index (χ1) is 18.2. The highest BCUT2D eigenvalue weighted by Crippen LogP contribution is 2.32. The zero-order valence-corrected chi connectivity index (χ0v) is 21.8. The van der Waals surface area contributed by atoms with E-state index in [0.717, 1.165) is 4.90 Å². The molecule has 0 aromatic heterocycles. The van der Waals surface area contributed by atoms with E-state index in [9.17, 15) is 19.2 Å². The number of nitrogens with one attached hydrogen (secondary N) is 1. The summed E-state index contributed by atoms with van der Waals surface area (Å²) < 4.78 is 10.6. The summed E-state index contributed by atoms with van der Waals surface area (Å²) in [4.78, 5) is 54.2. The molecule has 1 aliphatic heterocycles. The highest BCUT2D eigenvalue weighted by molar-refractivity contribution is 6.31. The largest absolute Gasteiger partial charge is 0.493 e. The lowest BCUT2D eigenvalue weighted by atomic mass is 10.1. The average molecular weight is 536 g/mol. The maximum absolute atomic E-state index is 13.8. The lowest BCUT2D eigenvalue weighted by Gasteiger charge is -2.28. The lowest BCUT2D eigenvalue weighted by molar-refractivity contribution is -0.122. The second kappa shape index (κ2) is 11.4. The number of imide groups is 1. The van der Waals surface area contributed by atoms with Crippen LogP contribution in [0.4, 0.5) is 11.4 Å². The number of anilines is 2. The Hall–Kier alpha value is -4.37. The summed E-state index contributed by atoms with van der Waals surface area (Å²) in [6, 6.07) is 17.0. The molecule has 0 radical (unpaired) electrons. The molecule has 1 heterocycles. The van der Waals surface area contributed by atoms with Crippen LogP contribution in [0.25, 0.3) is 0 Å². The van der Waals surface area contributed by atoms with Crippen molar-refractivity contribution >= 4 is 46.6 Å². The summed E-state index contributed by atoms with van der Waals surface area (Å²) in [5.41, 5.74) is 1.75. The maximum atomic E-state index is 13.8. The Balaban J connectivity index is 1.69. The number of rotatable bonds is 8. The van der Waals surface area contributed by atoms with E-state index in [1.54, 1.807) is 60.7 Å². The zero-order chi connectivity index (χ0) is 27.4. The number of amides is 4. The van der Waals surface area contributed by atoms with Crippen molar-refractivity contribution in [2.45, 2.75) is 25.9 Å². The van der Waals surface area contributed by atoms with Gasteiger partial charge in [0.2, 0.25) is 11.8 Å². The van der Waals surface area contributed by atoms with Gasteiger partial charge in [-0.15, -0.1) is 0 Å². The minimum atomic E-state index is -1.06. The molecule has 1 N–H and O–H groups in total. The van der Waals surface area contributed by atoms with E-state index in [0.29, 0.717) is 33.5 Å². The first-order valence-electron chi connectivity index (χ1n) is 11.7. The summed E-state index contributed by atoms with van der Waals surface area (Å²) >= 11 is 6.39. The Morgan fingerprint density at radius 3 is 2.32 bits per heavy atom. The third-order valence-electron chi connectivity index (χ3n) is 6.13. The van der Waals surface area contributed by atoms with Gasteiger partial charge >= 0.3 is 0 Å². The minimum Gasteiger partial charge on any atom is -0.493 e. The first-order valence-corrected chi connectivity index (χ1v) is 12.1. The minimum absolute atomic E-state index is 0.00580. The van der Waals surface area contributed by atoms with Crippen LogP contribution in [0.5, 0.6) is 11.5 Å². The molecule has 0 bridgehead atoms. The Kier molecular flexibility index (Phi) is 7.97. The zero-order valence-electron chi connectivity index (χ0n) is 21.1. The van der Waals surface area contributed by atoms with Crippen molar-refractivity contribution in [2.24, 2.45) is 0 Å². The molecule has 38 heavy (non-hydrogen) atoms. The number of nitrogens with zero attached hydrogens (tertiary/aromatic N) is 2. The Morgan fingerprint density at radius 2 is 1.68 bits per heavy atom. The summed E-state index contributed by atoms with van der Waals surface area (Å²) in [6.45, 7) is 1.39. The van der Waals surface area contributed by atoms with Crippen molar-refractivity contribution in [1.82, 2.24) is 4.90 Å². The molecule has 196 valence electrons. The van der Waals surface area contributed by atoms with Gasteiger partial charge in [-0.25, -0.2) is 4.90 Å². The molecule has 1 aliphatic rings. The van der Waals surface area contributed by atoms with Crippen LogP contribution in [0.15, 0.2) is 66.7 Å². The van der Waals surface area contributed by atoms with Gasteiger partial charge in [-0.2, -0.15) is 0 Å². The van der Waals surface area contributed by atoms with Gasteiger partial charge in [0.25, 0.3) is 11.8 Å². The van der Waals surface area contributed by atoms with Gasteiger partial charge < -0.3 is 19.7 Å². The van der Waals surface area contributed by atoms with Crippen LogP contribution in [0.2, 0.25) is 5.02 Å². The number of benzene rings is 3. The predicted molar refractivity (Wildman–Crippen MR) is 143 cm³/mol. The summed E-state index contributed by atoms with van der Waals surface area (Å²) in [5.74, 6) is -0.900. The fraction of sp³-hybridized carbons (Fsp3) is 0.214. The van der Waals surface area contributed by atoms with E-state index < -0.39 is 23.8 Å². The van der Waals surface area contributed by atoms with Crippen molar-refractivity contribution in [2.75, 3.05) is 24.4 Å². The van der Waals surface area contributed by atoms with Gasteiger partial charge in [0, 0.05) is 29.7 Å². The maximum Gasteiger partial charge on any atom is 0.257 e. The molecule has 0 spiro atoms. The lowest BCUT2D eigenvalue weighted by Crippen LogP contribution is -2.45. The molecule has 3 aromatic carbocycles. The number of hydrogen-bond acceptors (Lipinski definition) is 6. The quantitative estimate of drug-likeness (QED) is 0.431. The molecule has 1 fully saturated rings. The van der Waals surface area contributed by atoms with Crippen LogP contribution in [0.3, 0.4) is 0 Å². The SMILES string of the molecule is COc1ccc(C(=O)N(Cc2ccccc2Cl)C2CC(=O)N(c3ccc(NC(C)=O)cc3)C2=O)cc1OC. The second-order valence-electron chi connectivity index (χ2n) is 8.61. The predicted octanol–water partition coefficient (Wildman–Crippen LogP) is 4.29. The third-order valence-corrected chi connectivity index (χ3v) is 6.50. The number of ether oxygens (including phenoxy) is 2. The number of halogens is 1. The molecular weight excluding hydrogens is 510 g/mol. The first kappa shape index (κ1) is 26.7. The van der Waals surface area contributed by atoms with Crippen LogP contribution in [0.1, 0.15) is 29.3 Å². The van der Waals surface area contributed by atoms with Gasteiger partial charge in [-0.3, -0.25) is 19.2 Å². The molecule has 4 amide bonds. The molecule has 0 saturated carbocycles. The van der Waals surface area contributed by atoms with Crippen molar-refractivity contribution in [3.05, 3.63) is 82.9 Å². The Morgan fingerprint density at radius 1 is 1.00 bits per heavy atom. The van der Waals surface area contributed by atoms with Gasteiger partial charge in [0.15, 0.2) is 11.5 Å². The van der Waals surface area contributed by atoms with Crippen molar-refractivity contribution in [1.29, 1.82) is 0 Å². The molecule has 3 aromatic rings. The summed E-state index contributed by atoms with van der Waals surface area (Å²) in [7, 11) is 2.95. The normalized spacial score (nSPS) is 14.8. The van der Waals surface area contributed by atoms with Crippen molar-refractivity contribution in [3.8, 4) is 11.5 Å². The van der Waals surface area contributed by atoms with Crippen molar-refractivity contribution < 1.29 is 28.7 Å². The van der Waals surface area contributed by atoms with Gasteiger partial charge in [0.1, 0.15) is 6.04 Å². The molecule has 10 heteroatoms. The molecule has 1 saturated heterocycles. The van der Waals surface area contributed by atoms with Crippen LogP contribution in [0, 0.1) is 0 Å². The van der Waals surface area contributed by atoms with Crippen molar-refractivity contribution in [3.63, 3.8) is 0 Å². The summed E-state index contributed by atoms with van der Waals surface area (Å²) in [5, 5.41) is 3.07. The van der Waals surface area contributed by atoms with E-state index in [1.165, 1.54) is 32.1 Å². The van der Waals surface area contributed by atoms with Gasteiger partial charge in [-0.1, -0.05) is 29.8 Å². The van der Waals surface area contributed by atoms with E-state index in [4.69, 9.17) is 21.1 Å². The highest BCUT2D eigenvalue weighted by atomic mass is 35.5. The van der Waals surface area contributed by atoms with Crippen LogP contribution < -0.4 is 19.7 Å². The number of hydrogen-bond donors (Lipinski definition) is 1. The Bertz CT molecular complexity index is 1390. The number of carbonyl (C=O) groups is 4. The van der Waals surface area contributed by atoms with Gasteiger partial charge in [0.05, 0.1) is 26.3 Å². The highest BCUT2D eigenvalue weighted by Gasteiger charge is 2.44. The van der Waals surface area contributed by atoms with E-state index >= 15 is 0 Å². The van der Waals surface area contributed by atoms with Crippen LogP contribution in [-0.2, 0) is 20.9 Å². The molecular formula is C28H26ClN3O6. The number of methoxy groups -OCH3 is 2. The second-order valence-corrected chi connectivity index (χ2v) is 9.02. The van der Waals surface area contributed by atoms with E-state index in [2.05, 4.69) is 5.32 Å². The monoisotopic (exact) mass is 535 g/mol. The van der Waals surface area contributed by atoms with Crippen LogP contribution >= 0.6 is 11.6 Å². The summed E-state index contributed by atoms with van der Waals surface area (Å²) in [6.07, 6.45) is -0.199. The molecule has 1 atom stereocenters. The van der Waals surface area contributed by atoms with Gasteiger partial charge in [-0.05, 0) is 54.1 Å². The van der Waals surface area contributed by atoms with Crippen LogP contribution in [-0.4, -0.2) is 48.8 Å². The average Bonchev–Trinajstić information content (AvgIpc) is 3.20. The topological polar surface area (TPSA) is 105 Å². The molecule has 1 unspecified atom stereocenters. The fourth-order valence-electron chi connectivity index (χ4n) is 4.30. The standard InChI is InChI=1S/C28H26ClN3O6/c1-17(33)30-20-9-11-21(12-10-20)32-26(34)15-23(28(32)36)31(16-19-6-4-5-7-22(19)29)27(35)18-8-13-24(37-2)25(14-18)38-3/h4-14,23H,15-16H2,1-3H3,(H,30,33). The van der Waals surface area contributed by atoms with E-state index in [1.807, 2.05) is 0 Å².